The minimum absolute atomic E-state index is 0.445. The van der Waals surface area contributed by atoms with Gasteiger partial charge in [0, 0.05) is 20.2 Å². The van der Waals surface area contributed by atoms with Crippen molar-refractivity contribution in [2.24, 2.45) is 0 Å². The number of ether oxygens (including phenoxy) is 2. The summed E-state index contributed by atoms with van der Waals surface area (Å²) >= 11 is 0. The lowest BCUT2D eigenvalue weighted by molar-refractivity contribution is -0.0441. The molecule has 3 nitrogen and oxygen atoms in total. The molecule has 1 aliphatic heterocycles. The van der Waals surface area contributed by atoms with E-state index in [2.05, 4.69) is 11.8 Å². The van der Waals surface area contributed by atoms with Gasteiger partial charge in [0.25, 0.3) is 0 Å². The molecule has 2 fully saturated rings. The highest BCUT2D eigenvalue weighted by Gasteiger charge is 2.28. The molecule has 2 aliphatic rings. The molecular weight excluding hydrogens is 226 g/mol. The Hall–Kier alpha value is -0.120. The third-order valence-electron chi connectivity index (χ3n) is 4.04. The van der Waals surface area contributed by atoms with Gasteiger partial charge in [-0.1, -0.05) is 20.8 Å². The summed E-state index contributed by atoms with van der Waals surface area (Å²) in [5, 5.41) is 0. The van der Waals surface area contributed by atoms with E-state index in [4.69, 9.17) is 9.47 Å². The zero-order chi connectivity index (χ0) is 13.4. The monoisotopic (exact) mass is 257 g/mol. The van der Waals surface area contributed by atoms with E-state index in [1.807, 2.05) is 21.0 Å². The Balaban J connectivity index is 0.000000771. The first-order valence-electron chi connectivity index (χ1n) is 7.72. The van der Waals surface area contributed by atoms with Gasteiger partial charge < -0.3 is 14.4 Å². The summed E-state index contributed by atoms with van der Waals surface area (Å²) in [5.41, 5.74) is 0. The van der Waals surface area contributed by atoms with Gasteiger partial charge in [-0.2, -0.15) is 0 Å². The SMILES string of the molecule is CC.CCN1CCC(O[C@@H]2CC[C@@H](OC)C2)CC1. The Kier molecular flexibility index (Phi) is 7.87. The molecule has 18 heavy (non-hydrogen) atoms. The largest absolute Gasteiger partial charge is 0.381 e. The molecule has 0 radical (unpaired) electrons. The quantitative estimate of drug-likeness (QED) is 0.772. The summed E-state index contributed by atoms with van der Waals surface area (Å²) in [6.07, 6.45) is 7.29. The number of rotatable bonds is 4. The maximum Gasteiger partial charge on any atom is 0.0604 e. The summed E-state index contributed by atoms with van der Waals surface area (Å²) in [7, 11) is 1.81. The van der Waals surface area contributed by atoms with Gasteiger partial charge in [0.1, 0.15) is 0 Å². The molecule has 2 rings (SSSR count). The van der Waals surface area contributed by atoms with Gasteiger partial charge >= 0.3 is 0 Å². The Morgan fingerprint density at radius 3 is 2.06 bits per heavy atom. The first kappa shape index (κ1) is 15.9. The fourth-order valence-corrected chi connectivity index (χ4v) is 2.87. The second-order valence-electron chi connectivity index (χ2n) is 5.06. The zero-order valence-electron chi connectivity index (χ0n) is 12.7. The molecule has 0 spiro atoms. The standard InChI is InChI=1S/C13H25NO2.C2H6/c1-3-14-8-6-11(7-9-14)16-13-5-4-12(10-13)15-2;1-2/h11-13H,3-10H2,1-2H3;1-2H3/t12-,13-;/m1./s1. The highest BCUT2D eigenvalue weighted by atomic mass is 16.5. The van der Waals surface area contributed by atoms with Crippen molar-refractivity contribution >= 4 is 0 Å². The highest BCUT2D eigenvalue weighted by molar-refractivity contribution is 4.79. The first-order chi connectivity index (χ1) is 8.81. The number of likely N-dealkylation sites (tertiary alicyclic amines) is 1. The Morgan fingerprint density at radius 1 is 0.944 bits per heavy atom. The normalized spacial score (nSPS) is 30.0. The molecule has 0 aromatic heterocycles. The molecule has 2 atom stereocenters. The van der Waals surface area contributed by atoms with Crippen LogP contribution in [0.15, 0.2) is 0 Å². The number of piperidine rings is 1. The predicted molar refractivity (Wildman–Crippen MR) is 76.0 cm³/mol. The van der Waals surface area contributed by atoms with Crippen LogP contribution in [0.3, 0.4) is 0 Å². The van der Waals surface area contributed by atoms with E-state index in [9.17, 15) is 0 Å². The smallest absolute Gasteiger partial charge is 0.0604 e. The molecular formula is C15H31NO2. The first-order valence-corrected chi connectivity index (χ1v) is 7.72. The summed E-state index contributed by atoms with van der Waals surface area (Å²) in [6.45, 7) is 9.84. The van der Waals surface area contributed by atoms with Crippen LogP contribution in [-0.4, -0.2) is 50.0 Å². The molecule has 1 saturated heterocycles. The van der Waals surface area contributed by atoms with Crippen molar-refractivity contribution in [1.29, 1.82) is 0 Å². The molecule has 0 aromatic rings. The van der Waals surface area contributed by atoms with E-state index in [1.54, 1.807) is 0 Å². The third kappa shape index (κ3) is 4.87. The van der Waals surface area contributed by atoms with Crippen LogP contribution >= 0.6 is 0 Å². The topological polar surface area (TPSA) is 21.7 Å². The average molecular weight is 257 g/mol. The van der Waals surface area contributed by atoms with Crippen molar-refractivity contribution in [3.63, 3.8) is 0 Å². The minimum Gasteiger partial charge on any atom is -0.381 e. The van der Waals surface area contributed by atoms with E-state index >= 15 is 0 Å². The highest BCUT2D eigenvalue weighted by Crippen LogP contribution is 2.27. The lowest BCUT2D eigenvalue weighted by Crippen LogP contribution is -2.38. The summed E-state index contributed by atoms with van der Waals surface area (Å²) in [5.74, 6) is 0. The van der Waals surface area contributed by atoms with Crippen LogP contribution in [-0.2, 0) is 9.47 Å². The second-order valence-corrected chi connectivity index (χ2v) is 5.06. The van der Waals surface area contributed by atoms with Gasteiger partial charge in [-0.25, -0.2) is 0 Å². The minimum atomic E-state index is 0.445. The van der Waals surface area contributed by atoms with Crippen molar-refractivity contribution in [2.75, 3.05) is 26.7 Å². The molecule has 108 valence electrons. The van der Waals surface area contributed by atoms with Gasteiger partial charge in [-0.15, -0.1) is 0 Å². The van der Waals surface area contributed by atoms with E-state index in [-0.39, 0.29) is 0 Å². The van der Waals surface area contributed by atoms with Gasteiger partial charge in [0.2, 0.25) is 0 Å². The maximum atomic E-state index is 6.17. The van der Waals surface area contributed by atoms with Gasteiger partial charge in [-0.3, -0.25) is 0 Å². The van der Waals surface area contributed by atoms with Gasteiger partial charge in [0.15, 0.2) is 0 Å². The molecule has 1 aliphatic carbocycles. The molecule has 0 N–H and O–H groups in total. The van der Waals surface area contributed by atoms with Crippen LogP contribution in [0.25, 0.3) is 0 Å². The predicted octanol–water partition coefficient (Wildman–Crippen LogP) is 3.08. The van der Waals surface area contributed by atoms with Crippen molar-refractivity contribution < 1.29 is 9.47 Å². The van der Waals surface area contributed by atoms with Crippen LogP contribution in [0.4, 0.5) is 0 Å². The van der Waals surface area contributed by atoms with Crippen molar-refractivity contribution in [2.45, 2.75) is 71.2 Å². The van der Waals surface area contributed by atoms with Gasteiger partial charge in [0.05, 0.1) is 18.3 Å². The summed E-state index contributed by atoms with van der Waals surface area (Å²) < 4.78 is 11.5. The third-order valence-corrected chi connectivity index (χ3v) is 4.04. The molecule has 3 heteroatoms. The Morgan fingerprint density at radius 2 is 1.56 bits per heavy atom. The van der Waals surface area contributed by atoms with Crippen molar-refractivity contribution in [1.82, 2.24) is 4.90 Å². The molecule has 0 bridgehead atoms. The number of hydrogen-bond acceptors (Lipinski definition) is 3. The molecule has 0 aromatic carbocycles. The second kappa shape index (κ2) is 8.89. The maximum absolute atomic E-state index is 6.17. The fraction of sp³-hybridized carbons (Fsp3) is 1.00. The fourth-order valence-electron chi connectivity index (χ4n) is 2.87. The lowest BCUT2D eigenvalue weighted by Gasteiger charge is -2.32. The number of nitrogens with zero attached hydrogens (tertiary/aromatic N) is 1. The summed E-state index contributed by atoms with van der Waals surface area (Å²) in [4.78, 5) is 2.51. The van der Waals surface area contributed by atoms with E-state index in [1.165, 1.54) is 45.3 Å². The van der Waals surface area contributed by atoms with Crippen LogP contribution in [0.1, 0.15) is 52.9 Å². The van der Waals surface area contributed by atoms with Crippen LogP contribution in [0, 0.1) is 0 Å². The Bertz CT molecular complexity index is 203. The van der Waals surface area contributed by atoms with Crippen molar-refractivity contribution in [3.05, 3.63) is 0 Å². The van der Waals surface area contributed by atoms with E-state index in [0.29, 0.717) is 18.3 Å². The molecule has 1 saturated carbocycles. The van der Waals surface area contributed by atoms with Crippen LogP contribution in [0.5, 0.6) is 0 Å². The zero-order valence-corrected chi connectivity index (χ0v) is 12.7. The van der Waals surface area contributed by atoms with Crippen LogP contribution in [0.2, 0.25) is 0 Å². The number of hydrogen-bond donors (Lipinski definition) is 0. The molecule has 0 amide bonds. The summed E-state index contributed by atoms with van der Waals surface area (Å²) in [6, 6.07) is 0. The van der Waals surface area contributed by atoms with Crippen LogP contribution < -0.4 is 0 Å². The lowest BCUT2D eigenvalue weighted by atomic mass is 10.1. The molecule has 1 heterocycles. The average Bonchev–Trinajstić information content (AvgIpc) is 2.89. The number of methoxy groups -OCH3 is 1. The Labute approximate surface area is 113 Å². The van der Waals surface area contributed by atoms with Crippen molar-refractivity contribution in [3.8, 4) is 0 Å². The van der Waals surface area contributed by atoms with E-state index in [0.717, 1.165) is 6.42 Å². The molecule has 0 unspecified atom stereocenters. The van der Waals surface area contributed by atoms with E-state index < -0.39 is 0 Å². The van der Waals surface area contributed by atoms with Gasteiger partial charge in [-0.05, 0) is 38.6 Å².